The maximum atomic E-state index is 12.9. The van der Waals surface area contributed by atoms with Gasteiger partial charge in [0.05, 0.1) is 12.4 Å². The van der Waals surface area contributed by atoms with E-state index in [9.17, 15) is 4.79 Å². The Morgan fingerprint density at radius 1 is 1.03 bits per heavy atom. The minimum atomic E-state index is -0.916. The molecule has 4 N–H and O–H groups in total. The quantitative estimate of drug-likeness (QED) is 0.295. The molecule has 1 fully saturated rings. The zero-order valence-corrected chi connectivity index (χ0v) is 21.7. The second-order valence-electron chi connectivity index (χ2n) is 9.55. The maximum absolute atomic E-state index is 12.9. The average molecular weight is 508 g/mol. The number of ether oxygens (including phenoxy) is 3. The zero-order valence-electron chi connectivity index (χ0n) is 21.7. The van der Waals surface area contributed by atoms with Gasteiger partial charge in [0.2, 0.25) is 6.10 Å². The Bertz CT molecular complexity index is 1110. The molecule has 1 unspecified atom stereocenters. The summed E-state index contributed by atoms with van der Waals surface area (Å²) in [5.41, 5.74) is 8.67. The number of benzene rings is 2. The van der Waals surface area contributed by atoms with Gasteiger partial charge in [-0.05, 0) is 62.1 Å². The first-order chi connectivity index (χ1) is 17.8. The van der Waals surface area contributed by atoms with Crippen LogP contribution >= 0.6 is 0 Å². The van der Waals surface area contributed by atoms with Gasteiger partial charge in [0.1, 0.15) is 17.6 Å². The Morgan fingerprint density at radius 2 is 1.73 bits per heavy atom. The van der Waals surface area contributed by atoms with Crippen molar-refractivity contribution in [2.24, 2.45) is 5.73 Å². The topological polar surface area (TPSA) is 125 Å². The fourth-order valence-corrected chi connectivity index (χ4v) is 4.85. The summed E-state index contributed by atoms with van der Waals surface area (Å²) < 4.78 is 17.7. The van der Waals surface area contributed by atoms with E-state index in [0.29, 0.717) is 23.7 Å². The number of fused-ring (bicyclic) bond motifs is 1. The fourth-order valence-electron chi connectivity index (χ4n) is 4.85. The van der Waals surface area contributed by atoms with E-state index in [1.807, 2.05) is 54.3 Å². The van der Waals surface area contributed by atoms with Crippen LogP contribution in [0.25, 0.3) is 0 Å². The van der Waals surface area contributed by atoms with Crippen molar-refractivity contribution in [1.82, 2.24) is 9.80 Å². The summed E-state index contributed by atoms with van der Waals surface area (Å²) >= 11 is 0. The highest BCUT2D eigenvalue weighted by Gasteiger charge is 2.26. The third kappa shape index (κ3) is 6.72. The van der Waals surface area contributed by atoms with Gasteiger partial charge < -0.3 is 29.7 Å². The van der Waals surface area contributed by atoms with Crippen LogP contribution in [0.1, 0.15) is 55.9 Å². The number of amidine groups is 1. The van der Waals surface area contributed by atoms with Gasteiger partial charge >= 0.3 is 5.97 Å². The lowest BCUT2D eigenvalue weighted by molar-refractivity contribution is -0.151. The van der Waals surface area contributed by atoms with E-state index in [-0.39, 0.29) is 18.7 Å². The van der Waals surface area contributed by atoms with E-state index in [4.69, 9.17) is 30.8 Å². The summed E-state index contributed by atoms with van der Waals surface area (Å²) in [6.07, 6.45) is 2.75. The van der Waals surface area contributed by atoms with E-state index >= 15 is 0 Å². The molecule has 9 nitrogen and oxygen atoms in total. The second-order valence-corrected chi connectivity index (χ2v) is 9.55. The predicted octanol–water partition coefficient (Wildman–Crippen LogP) is 3.85. The molecule has 0 bridgehead atoms. The molecule has 0 aliphatic carbocycles. The summed E-state index contributed by atoms with van der Waals surface area (Å²) in [4.78, 5) is 16.8. The molecule has 0 amide bonds. The lowest BCUT2D eigenvalue weighted by atomic mass is 10.0. The first kappa shape index (κ1) is 26.3. The first-order valence-corrected chi connectivity index (χ1v) is 12.9. The van der Waals surface area contributed by atoms with Crippen molar-refractivity contribution in [3.05, 3.63) is 59.2 Å². The molecule has 9 heteroatoms. The molecule has 0 spiro atoms. The highest BCUT2D eigenvalue weighted by Crippen LogP contribution is 2.29. The number of piperidine rings is 1. The SMILES string of the molecule is CCOC(=O)C(Oc1ccc2c(c1)CN(C(=N)N)CCC2)c1ccc(OC2CCN(C(C)=N)CC2)cc1. The summed E-state index contributed by atoms with van der Waals surface area (Å²) in [6, 6.07) is 13.3. The Balaban J connectivity index is 1.47. The summed E-state index contributed by atoms with van der Waals surface area (Å²) in [5, 5.41) is 15.6. The Labute approximate surface area is 218 Å². The van der Waals surface area contributed by atoms with Gasteiger partial charge in [-0.1, -0.05) is 18.2 Å². The molecule has 0 radical (unpaired) electrons. The monoisotopic (exact) mass is 507 g/mol. The van der Waals surface area contributed by atoms with Crippen LogP contribution in [0.3, 0.4) is 0 Å². The largest absolute Gasteiger partial charge is 0.490 e. The van der Waals surface area contributed by atoms with Crippen molar-refractivity contribution >= 4 is 17.8 Å². The number of carbonyl (C=O) groups excluding carboxylic acids is 1. The smallest absolute Gasteiger partial charge is 0.352 e. The van der Waals surface area contributed by atoms with Crippen LogP contribution in [0.5, 0.6) is 11.5 Å². The van der Waals surface area contributed by atoms with Crippen molar-refractivity contribution < 1.29 is 19.0 Å². The van der Waals surface area contributed by atoms with Gasteiger partial charge in [0.25, 0.3) is 0 Å². The molecule has 4 rings (SSSR count). The van der Waals surface area contributed by atoms with E-state index in [1.165, 1.54) is 5.56 Å². The van der Waals surface area contributed by atoms with Crippen molar-refractivity contribution in [1.29, 1.82) is 10.8 Å². The molecule has 198 valence electrons. The van der Waals surface area contributed by atoms with Crippen molar-refractivity contribution in [3.63, 3.8) is 0 Å². The third-order valence-electron chi connectivity index (χ3n) is 6.91. The number of rotatable bonds is 7. The molecule has 0 saturated carbocycles. The van der Waals surface area contributed by atoms with E-state index in [0.717, 1.165) is 56.6 Å². The number of nitrogens with zero attached hydrogens (tertiary/aromatic N) is 2. The zero-order chi connectivity index (χ0) is 26.4. The van der Waals surface area contributed by atoms with Crippen LogP contribution in [-0.4, -0.2) is 59.9 Å². The second kappa shape index (κ2) is 12.0. The highest BCUT2D eigenvalue weighted by molar-refractivity contribution is 5.77. The fraction of sp³-hybridized carbons (Fsp3) is 0.464. The third-order valence-corrected chi connectivity index (χ3v) is 6.91. The van der Waals surface area contributed by atoms with Crippen LogP contribution in [0, 0.1) is 10.8 Å². The average Bonchev–Trinajstić information content (AvgIpc) is 3.11. The first-order valence-electron chi connectivity index (χ1n) is 12.9. The Kier molecular flexibility index (Phi) is 8.53. The van der Waals surface area contributed by atoms with Gasteiger partial charge in [-0.2, -0.15) is 0 Å². The Morgan fingerprint density at radius 3 is 2.38 bits per heavy atom. The number of aryl methyl sites for hydroxylation is 1. The van der Waals surface area contributed by atoms with E-state index in [2.05, 4.69) is 4.90 Å². The van der Waals surface area contributed by atoms with Crippen LogP contribution < -0.4 is 15.2 Å². The van der Waals surface area contributed by atoms with E-state index < -0.39 is 12.1 Å². The molecule has 2 aromatic carbocycles. The number of guanidine groups is 1. The molecule has 1 saturated heterocycles. The molecule has 2 heterocycles. The highest BCUT2D eigenvalue weighted by atomic mass is 16.6. The standard InChI is InChI=1S/C28H37N5O4/c1-3-35-27(34)26(37-25-11-6-20-5-4-14-33(28(30)31)18-22(20)17-25)21-7-9-23(10-8-21)36-24-12-15-32(16-13-24)19(2)29/h6-11,17,24,26,29H,3-5,12-16,18H2,1-2H3,(H3,30,31). The van der Waals surface area contributed by atoms with Gasteiger partial charge in [0.15, 0.2) is 5.96 Å². The number of esters is 1. The van der Waals surface area contributed by atoms with Crippen LogP contribution in [0.4, 0.5) is 0 Å². The minimum Gasteiger partial charge on any atom is -0.490 e. The minimum absolute atomic E-state index is 0.0567. The summed E-state index contributed by atoms with van der Waals surface area (Å²) in [6.45, 7) is 6.76. The van der Waals surface area contributed by atoms with Crippen molar-refractivity contribution in [2.75, 3.05) is 26.2 Å². The molecular formula is C28H37N5O4. The molecule has 2 aromatic rings. The number of likely N-dealkylation sites (tertiary alicyclic amines) is 1. The molecule has 2 aliphatic rings. The molecule has 0 aromatic heterocycles. The van der Waals surface area contributed by atoms with Gasteiger partial charge in [0, 0.05) is 44.6 Å². The van der Waals surface area contributed by atoms with Crippen molar-refractivity contribution in [2.45, 2.75) is 58.3 Å². The van der Waals surface area contributed by atoms with Crippen LogP contribution in [-0.2, 0) is 22.5 Å². The number of hydrogen-bond donors (Lipinski definition) is 3. The number of nitrogens with two attached hydrogens (primary N) is 1. The van der Waals surface area contributed by atoms with Gasteiger partial charge in [-0.25, -0.2) is 4.79 Å². The van der Waals surface area contributed by atoms with Crippen LogP contribution in [0.2, 0.25) is 0 Å². The lowest BCUT2D eigenvalue weighted by Gasteiger charge is -2.32. The number of nitrogens with one attached hydrogen (secondary N) is 2. The maximum Gasteiger partial charge on any atom is 0.352 e. The Hall–Kier alpha value is -3.75. The molecule has 1 atom stereocenters. The van der Waals surface area contributed by atoms with Crippen LogP contribution in [0.15, 0.2) is 42.5 Å². The number of carbonyl (C=O) groups is 1. The van der Waals surface area contributed by atoms with Gasteiger partial charge in [-0.3, -0.25) is 10.8 Å². The summed E-state index contributed by atoms with van der Waals surface area (Å²) in [7, 11) is 0. The van der Waals surface area contributed by atoms with Gasteiger partial charge in [-0.15, -0.1) is 0 Å². The van der Waals surface area contributed by atoms with E-state index in [1.54, 1.807) is 6.92 Å². The summed E-state index contributed by atoms with van der Waals surface area (Å²) in [5.74, 6) is 1.51. The number of hydrogen-bond acceptors (Lipinski definition) is 6. The predicted molar refractivity (Wildman–Crippen MR) is 142 cm³/mol. The normalized spacial score (nSPS) is 16.8. The molecule has 2 aliphatic heterocycles. The molecular weight excluding hydrogens is 470 g/mol. The lowest BCUT2D eigenvalue weighted by Crippen LogP contribution is -2.40. The van der Waals surface area contributed by atoms with Crippen molar-refractivity contribution in [3.8, 4) is 11.5 Å². The molecule has 37 heavy (non-hydrogen) atoms.